The molecule has 0 aliphatic heterocycles. The first kappa shape index (κ1) is 14.4. The molecule has 2 aromatic rings. The van der Waals surface area contributed by atoms with E-state index in [0.717, 1.165) is 23.0 Å². The van der Waals surface area contributed by atoms with E-state index in [9.17, 15) is 8.42 Å². The van der Waals surface area contributed by atoms with E-state index < -0.39 is 9.84 Å². The number of benzene rings is 1. The second kappa shape index (κ2) is 5.17. The Balaban J connectivity index is 2.62. The molecule has 0 atom stereocenters. The van der Waals surface area contributed by atoms with Crippen molar-refractivity contribution in [1.82, 2.24) is 4.57 Å². The topological polar surface area (TPSA) is 39.1 Å². The van der Waals surface area contributed by atoms with Crippen LogP contribution in [0.4, 0.5) is 0 Å². The van der Waals surface area contributed by atoms with E-state index in [1.54, 1.807) is 19.9 Å². The lowest BCUT2D eigenvalue weighted by Crippen LogP contribution is -2.15. The van der Waals surface area contributed by atoms with Crippen LogP contribution in [0.15, 0.2) is 24.4 Å². The lowest BCUT2D eigenvalue weighted by atomic mass is 10.2. The molecule has 0 saturated heterocycles. The Labute approximate surface area is 119 Å². The minimum Gasteiger partial charge on any atom is -0.347 e. The smallest absolute Gasteiger partial charge is 0.156 e. The number of hydrogen-bond acceptors (Lipinski definition) is 2. The summed E-state index contributed by atoms with van der Waals surface area (Å²) in [6.45, 7) is 6.23. The number of fused-ring (bicyclic) bond motifs is 1. The van der Waals surface area contributed by atoms with Crippen molar-refractivity contribution >= 4 is 32.3 Å². The molecule has 1 aromatic heterocycles. The van der Waals surface area contributed by atoms with Gasteiger partial charge in [-0.2, -0.15) is 0 Å². The van der Waals surface area contributed by atoms with Crippen LogP contribution in [0.5, 0.6) is 0 Å². The van der Waals surface area contributed by atoms with Crippen molar-refractivity contribution < 1.29 is 8.42 Å². The summed E-state index contributed by atoms with van der Waals surface area (Å²) < 4.78 is 26.2. The highest BCUT2D eigenvalue weighted by Crippen LogP contribution is 2.30. The van der Waals surface area contributed by atoms with Crippen molar-refractivity contribution in [2.24, 2.45) is 0 Å². The molecule has 0 aliphatic carbocycles. The lowest BCUT2D eigenvalue weighted by Gasteiger charge is -2.07. The van der Waals surface area contributed by atoms with Gasteiger partial charge < -0.3 is 4.57 Å². The highest BCUT2D eigenvalue weighted by Gasteiger charge is 2.20. The van der Waals surface area contributed by atoms with Crippen molar-refractivity contribution in [3.05, 3.63) is 35.0 Å². The average Bonchev–Trinajstić information content (AvgIpc) is 2.68. The molecule has 0 radical (unpaired) electrons. The van der Waals surface area contributed by atoms with Gasteiger partial charge in [-0.25, -0.2) is 8.42 Å². The highest BCUT2D eigenvalue weighted by molar-refractivity contribution is 7.91. The predicted molar refractivity (Wildman–Crippen MR) is 80.4 cm³/mol. The van der Waals surface area contributed by atoms with Gasteiger partial charge in [0, 0.05) is 23.6 Å². The lowest BCUT2D eigenvalue weighted by molar-refractivity contribution is 0.586. The summed E-state index contributed by atoms with van der Waals surface area (Å²) in [4.78, 5) is 0. The number of nitrogens with zero attached hydrogens (tertiary/aromatic N) is 1. The Hall–Kier alpha value is -1.00. The van der Waals surface area contributed by atoms with Crippen LogP contribution >= 0.6 is 11.6 Å². The van der Waals surface area contributed by atoms with Gasteiger partial charge in [-0.15, -0.1) is 0 Å². The molecule has 19 heavy (non-hydrogen) atoms. The van der Waals surface area contributed by atoms with Crippen molar-refractivity contribution in [3.63, 3.8) is 0 Å². The van der Waals surface area contributed by atoms with E-state index in [4.69, 9.17) is 11.6 Å². The van der Waals surface area contributed by atoms with Crippen LogP contribution in [0.1, 0.15) is 26.3 Å². The molecule has 0 spiro atoms. The third-order valence-electron chi connectivity index (χ3n) is 3.35. The molecule has 2 rings (SSSR count). The molecule has 1 heterocycles. The maximum Gasteiger partial charge on any atom is 0.156 e. The van der Waals surface area contributed by atoms with E-state index in [2.05, 4.69) is 0 Å². The number of aryl methyl sites for hydroxylation is 1. The molecule has 0 unspecified atom stereocenters. The quantitative estimate of drug-likeness (QED) is 0.864. The molecule has 1 aromatic carbocycles. The molecule has 3 nitrogen and oxygen atoms in total. The SMILES string of the molecule is CCn1cc(CS(=O)(=O)C(C)C)c2c(Cl)cccc21. The van der Waals surface area contributed by atoms with E-state index in [1.165, 1.54) is 0 Å². The second-order valence-corrected chi connectivity index (χ2v) is 7.89. The van der Waals surface area contributed by atoms with Crippen LogP contribution in [0.2, 0.25) is 5.02 Å². The summed E-state index contributed by atoms with van der Waals surface area (Å²) in [7, 11) is -3.13. The predicted octanol–water partition coefficient (Wildman–Crippen LogP) is 3.64. The van der Waals surface area contributed by atoms with Gasteiger partial charge in [0.25, 0.3) is 0 Å². The maximum atomic E-state index is 12.1. The molecule has 0 saturated carbocycles. The molecule has 0 bridgehead atoms. The summed E-state index contributed by atoms with van der Waals surface area (Å²) in [5.41, 5.74) is 1.78. The summed E-state index contributed by atoms with van der Waals surface area (Å²) in [5.74, 6) is 0.0396. The van der Waals surface area contributed by atoms with Crippen LogP contribution in [-0.2, 0) is 22.1 Å². The second-order valence-electron chi connectivity index (χ2n) is 4.93. The van der Waals surface area contributed by atoms with Crippen molar-refractivity contribution in [2.45, 2.75) is 38.3 Å². The fraction of sp³-hybridized carbons (Fsp3) is 0.429. The van der Waals surface area contributed by atoms with Crippen LogP contribution in [0.25, 0.3) is 10.9 Å². The fourth-order valence-corrected chi connectivity index (χ4v) is 3.42. The van der Waals surface area contributed by atoms with E-state index >= 15 is 0 Å². The Morgan fingerprint density at radius 3 is 2.58 bits per heavy atom. The van der Waals surface area contributed by atoms with Gasteiger partial charge in [0.15, 0.2) is 9.84 Å². The van der Waals surface area contributed by atoms with Gasteiger partial charge >= 0.3 is 0 Å². The summed E-state index contributed by atoms with van der Waals surface area (Å²) in [6.07, 6.45) is 1.90. The van der Waals surface area contributed by atoms with Crippen molar-refractivity contribution in [1.29, 1.82) is 0 Å². The van der Waals surface area contributed by atoms with Gasteiger partial charge in [0.2, 0.25) is 0 Å². The summed E-state index contributed by atoms with van der Waals surface area (Å²) in [5, 5.41) is 1.09. The minimum atomic E-state index is -3.13. The molecule has 104 valence electrons. The van der Waals surface area contributed by atoms with Gasteiger partial charge in [-0.05, 0) is 38.5 Å². The van der Waals surface area contributed by atoms with Gasteiger partial charge in [0.1, 0.15) is 0 Å². The summed E-state index contributed by atoms with van der Waals surface area (Å²) in [6, 6.07) is 5.66. The fourth-order valence-electron chi connectivity index (χ4n) is 2.15. The monoisotopic (exact) mass is 299 g/mol. The van der Waals surface area contributed by atoms with Crippen molar-refractivity contribution in [2.75, 3.05) is 0 Å². The molecular weight excluding hydrogens is 282 g/mol. The Morgan fingerprint density at radius 2 is 2.00 bits per heavy atom. The van der Waals surface area contributed by atoms with Gasteiger partial charge in [0.05, 0.1) is 16.0 Å². The number of sulfone groups is 1. The van der Waals surface area contributed by atoms with Crippen LogP contribution in [0.3, 0.4) is 0 Å². The first-order valence-electron chi connectivity index (χ1n) is 6.34. The molecule has 5 heteroatoms. The zero-order valence-electron chi connectivity index (χ0n) is 11.4. The molecule has 0 N–H and O–H groups in total. The van der Waals surface area contributed by atoms with E-state index in [1.807, 2.05) is 29.8 Å². The Morgan fingerprint density at radius 1 is 1.32 bits per heavy atom. The highest BCUT2D eigenvalue weighted by atomic mass is 35.5. The first-order valence-corrected chi connectivity index (χ1v) is 8.44. The molecule has 0 amide bonds. The third kappa shape index (κ3) is 2.65. The van der Waals surface area contributed by atoms with Gasteiger partial charge in [-0.1, -0.05) is 17.7 Å². The third-order valence-corrected chi connectivity index (χ3v) is 5.81. The van der Waals surface area contributed by atoms with Crippen molar-refractivity contribution in [3.8, 4) is 0 Å². The maximum absolute atomic E-state index is 12.1. The Kier molecular flexibility index (Phi) is 3.92. The van der Waals surface area contributed by atoms with Gasteiger partial charge in [-0.3, -0.25) is 0 Å². The zero-order chi connectivity index (χ0) is 14.2. The molecular formula is C14H18ClNO2S. The zero-order valence-corrected chi connectivity index (χ0v) is 12.9. The number of aromatic nitrogens is 1. The first-order chi connectivity index (χ1) is 8.86. The van der Waals surface area contributed by atoms with Crippen LogP contribution in [0, 0.1) is 0 Å². The molecule has 0 fully saturated rings. The van der Waals surface area contributed by atoms with E-state index in [-0.39, 0.29) is 11.0 Å². The minimum absolute atomic E-state index is 0.0396. The average molecular weight is 300 g/mol. The number of hydrogen-bond donors (Lipinski definition) is 0. The molecule has 0 aliphatic rings. The largest absolute Gasteiger partial charge is 0.347 e. The normalized spacial score (nSPS) is 12.5. The summed E-state index contributed by atoms with van der Waals surface area (Å²) >= 11 is 6.23. The Bertz CT molecular complexity index is 702. The number of halogens is 1. The van der Waals surface area contributed by atoms with Crippen LogP contribution < -0.4 is 0 Å². The standard InChI is InChI=1S/C14H18ClNO2S/c1-4-16-8-11(9-19(17,18)10(2)3)14-12(15)6-5-7-13(14)16/h5-8,10H,4,9H2,1-3H3. The van der Waals surface area contributed by atoms with E-state index in [0.29, 0.717) is 5.02 Å². The van der Waals surface area contributed by atoms with Crippen LogP contribution in [-0.4, -0.2) is 18.2 Å². The number of rotatable bonds is 4.